The molecule has 0 aliphatic carbocycles. The van der Waals surface area contributed by atoms with Crippen LogP contribution in [-0.2, 0) is 23.7 Å². The van der Waals surface area contributed by atoms with E-state index in [-0.39, 0.29) is 0 Å². The number of ether oxygens (including phenoxy) is 5. The lowest BCUT2D eigenvalue weighted by molar-refractivity contribution is -0.310. The van der Waals surface area contributed by atoms with Gasteiger partial charge in [0.1, 0.15) is 54.9 Å². The van der Waals surface area contributed by atoms with E-state index in [1.807, 2.05) is 0 Å². The summed E-state index contributed by atoms with van der Waals surface area (Å²) in [7, 11) is 0. The van der Waals surface area contributed by atoms with Gasteiger partial charge >= 0.3 is 0 Å². The van der Waals surface area contributed by atoms with Crippen molar-refractivity contribution in [2.75, 3.05) is 19.8 Å². The smallest absolute Gasteiger partial charge is 0.175 e. The van der Waals surface area contributed by atoms with Gasteiger partial charge in [0.2, 0.25) is 0 Å². The van der Waals surface area contributed by atoms with E-state index < -0.39 is 112 Å². The second kappa shape index (κ2) is 11.6. The van der Waals surface area contributed by atoms with Gasteiger partial charge in [0, 0.05) is 0 Å². The van der Waals surface area contributed by atoms with Gasteiger partial charge in [-0.2, -0.15) is 0 Å². The molecule has 3 heterocycles. The topological polar surface area (TPSA) is 286 Å². The van der Waals surface area contributed by atoms with Crippen molar-refractivity contribution in [2.45, 2.75) is 91.9 Å². The van der Waals surface area contributed by atoms with Crippen LogP contribution in [0.3, 0.4) is 0 Å². The van der Waals surface area contributed by atoms with Gasteiger partial charge in [0.05, 0.1) is 37.9 Å². The molecular formula is C18H35N3O13. The minimum absolute atomic E-state index is 0.418. The third-order valence-corrected chi connectivity index (χ3v) is 6.29. The van der Waals surface area contributed by atoms with Gasteiger partial charge < -0.3 is 81.7 Å². The highest BCUT2D eigenvalue weighted by Crippen LogP contribution is 2.26. The Morgan fingerprint density at radius 2 is 0.912 bits per heavy atom. The SMILES string of the molecule is NC1C(O)OC(COC2OC(COC3OC(CO)C(O)C(O)C3N)C(O)C(O)C2N)C(O)C1O. The normalized spacial score (nSPS) is 52.5. The molecule has 200 valence electrons. The molecule has 14 N–H and O–H groups in total. The van der Waals surface area contributed by atoms with E-state index in [0.29, 0.717) is 0 Å². The molecule has 0 aromatic rings. The summed E-state index contributed by atoms with van der Waals surface area (Å²) >= 11 is 0. The molecule has 15 unspecified atom stereocenters. The van der Waals surface area contributed by atoms with Gasteiger partial charge in [-0.05, 0) is 0 Å². The molecule has 3 rings (SSSR count). The summed E-state index contributed by atoms with van der Waals surface area (Å²) in [5.74, 6) is 0. The van der Waals surface area contributed by atoms with Crippen LogP contribution in [0.25, 0.3) is 0 Å². The Labute approximate surface area is 194 Å². The highest BCUT2D eigenvalue weighted by atomic mass is 16.7. The number of hydrogen-bond acceptors (Lipinski definition) is 16. The first-order chi connectivity index (χ1) is 16.0. The molecule has 0 spiro atoms. The Hall–Kier alpha value is -0.640. The Kier molecular flexibility index (Phi) is 9.54. The molecule has 3 aliphatic heterocycles. The van der Waals surface area contributed by atoms with Crippen molar-refractivity contribution in [3.8, 4) is 0 Å². The maximum Gasteiger partial charge on any atom is 0.175 e. The Balaban J connectivity index is 1.58. The zero-order valence-corrected chi connectivity index (χ0v) is 18.1. The van der Waals surface area contributed by atoms with Gasteiger partial charge in [-0.15, -0.1) is 0 Å². The van der Waals surface area contributed by atoms with E-state index in [0.717, 1.165) is 0 Å². The van der Waals surface area contributed by atoms with Gasteiger partial charge in [-0.1, -0.05) is 0 Å². The zero-order chi connectivity index (χ0) is 25.3. The Morgan fingerprint density at radius 3 is 1.38 bits per heavy atom. The molecule has 3 saturated heterocycles. The Morgan fingerprint density at radius 1 is 0.529 bits per heavy atom. The summed E-state index contributed by atoms with van der Waals surface area (Å²) in [4.78, 5) is 0. The quantitative estimate of drug-likeness (QED) is 0.154. The summed E-state index contributed by atoms with van der Waals surface area (Å²) < 4.78 is 27.0. The van der Waals surface area contributed by atoms with Crippen LogP contribution >= 0.6 is 0 Å². The van der Waals surface area contributed by atoms with Crippen LogP contribution in [0.4, 0.5) is 0 Å². The van der Waals surface area contributed by atoms with E-state index in [9.17, 15) is 40.9 Å². The van der Waals surface area contributed by atoms with Crippen molar-refractivity contribution in [1.29, 1.82) is 0 Å². The van der Waals surface area contributed by atoms with E-state index in [4.69, 9.17) is 40.9 Å². The van der Waals surface area contributed by atoms with E-state index >= 15 is 0 Å². The van der Waals surface area contributed by atoms with E-state index in [2.05, 4.69) is 0 Å². The fraction of sp³-hybridized carbons (Fsp3) is 1.00. The molecule has 15 atom stereocenters. The number of aliphatic hydroxyl groups excluding tert-OH is 8. The van der Waals surface area contributed by atoms with Crippen molar-refractivity contribution in [1.82, 2.24) is 0 Å². The molecule has 34 heavy (non-hydrogen) atoms. The predicted octanol–water partition coefficient (Wildman–Crippen LogP) is -7.67. The summed E-state index contributed by atoms with van der Waals surface area (Å²) in [6.07, 6.45) is -16.6. The number of nitrogens with two attached hydrogens (primary N) is 3. The molecule has 0 radical (unpaired) electrons. The lowest BCUT2D eigenvalue weighted by Crippen LogP contribution is -2.65. The highest BCUT2D eigenvalue weighted by molar-refractivity contribution is 4.95. The number of rotatable bonds is 7. The fourth-order valence-electron chi connectivity index (χ4n) is 3.98. The molecule has 16 heteroatoms. The third kappa shape index (κ3) is 5.68. The maximum absolute atomic E-state index is 10.3. The lowest BCUT2D eigenvalue weighted by atomic mass is 9.96. The number of hydrogen-bond donors (Lipinski definition) is 11. The highest BCUT2D eigenvalue weighted by Gasteiger charge is 2.47. The largest absolute Gasteiger partial charge is 0.394 e. The van der Waals surface area contributed by atoms with Gasteiger partial charge in [-0.3, -0.25) is 0 Å². The van der Waals surface area contributed by atoms with Crippen molar-refractivity contribution in [2.24, 2.45) is 17.2 Å². The van der Waals surface area contributed by atoms with Crippen LogP contribution < -0.4 is 17.2 Å². The van der Waals surface area contributed by atoms with E-state index in [1.165, 1.54) is 0 Å². The summed E-state index contributed by atoms with van der Waals surface area (Å²) in [6.45, 7) is -1.45. The standard InChI is InChI=1S/C18H35N3O13/c19-7-13(26)11(24)5(32-16(7)29)2-30-18-9(21)15(28)12(25)6(34-18)3-31-17-8(20)14(27)10(23)4(1-22)33-17/h4-18,22-29H,1-3,19-21H2. The van der Waals surface area contributed by atoms with Crippen LogP contribution in [0.1, 0.15) is 0 Å². The molecule has 0 saturated carbocycles. The first-order valence-electron chi connectivity index (χ1n) is 10.8. The van der Waals surface area contributed by atoms with Crippen LogP contribution in [0, 0.1) is 0 Å². The Bertz CT molecular complexity index is 650. The predicted molar refractivity (Wildman–Crippen MR) is 107 cm³/mol. The monoisotopic (exact) mass is 501 g/mol. The molecule has 3 fully saturated rings. The third-order valence-electron chi connectivity index (χ3n) is 6.29. The first kappa shape index (κ1) is 27.9. The summed E-state index contributed by atoms with van der Waals surface area (Å²) in [6, 6.07) is -3.64. The molecule has 0 aromatic heterocycles. The molecular weight excluding hydrogens is 466 g/mol. The average molecular weight is 501 g/mol. The molecule has 16 nitrogen and oxygen atoms in total. The fourth-order valence-corrected chi connectivity index (χ4v) is 3.98. The maximum atomic E-state index is 10.3. The van der Waals surface area contributed by atoms with Crippen LogP contribution in [-0.4, -0.2) is 153 Å². The van der Waals surface area contributed by atoms with Crippen LogP contribution in [0.2, 0.25) is 0 Å². The second-order valence-electron chi connectivity index (χ2n) is 8.68. The van der Waals surface area contributed by atoms with Crippen molar-refractivity contribution < 1.29 is 64.5 Å². The molecule has 3 aliphatic rings. The van der Waals surface area contributed by atoms with Crippen LogP contribution in [0.15, 0.2) is 0 Å². The van der Waals surface area contributed by atoms with Crippen molar-refractivity contribution >= 4 is 0 Å². The summed E-state index contributed by atoms with van der Waals surface area (Å²) in [5, 5.41) is 79.5. The van der Waals surface area contributed by atoms with Crippen molar-refractivity contribution in [3.63, 3.8) is 0 Å². The molecule has 0 amide bonds. The van der Waals surface area contributed by atoms with Gasteiger partial charge in [0.15, 0.2) is 18.9 Å². The second-order valence-corrected chi connectivity index (χ2v) is 8.68. The number of aliphatic hydroxyl groups is 8. The molecule has 0 aromatic carbocycles. The zero-order valence-electron chi connectivity index (χ0n) is 18.1. The minimum atomic E-state index is -1.56. The van der Waals surface area contributed by atoms with Crippen LogP contribution in [0.5, 0.6) is 0 Å². The van der Waals surface area contributed by atoms with Crippen molar-refractivity contribution in [3.05, 3.63) is 0 Å². The lowest BCUT2D eigenvalue weighted by Gasteiger charge is -2.44. The average Bonchev–Trinajstić information content (AvgIpc) is 2.82. The van der Waals surface area contributed by atoms with Gasteiger partial charge in [-0.25, -0.2) is 0 Å². The van der Waals surface area contributed by atoms with E-state index in [1.54, 1.807) is 0 Å². The van der Waals surface area contributed by atoms with Gasteiger partial charge in [0.25, 0.3) is 0 Å². The first-order valence-corrected chi connectivity index (χ1v) is 10.8. The summed E-state index contributed by atoms with van der Waals surface area (Å²) in [5.41, 5.74) is 17.2. The minimum Gasteiger partial charge on any atom is -0.394 e. The molecule has 0 bridgehead atoms.